The van der Waals surface area contributed by atoms with E-state index in [9.17, 15) is 4.79 Å². The minimum absolute atomic E-state index is 0.225. The van der Waals surface area contributed by atoms with E-state index in [1.165, 1.54) is 0 Å². The maximum Gasteiger partial charge on any atom is 0.291 e. The standard InChI is InChI=1S/C15H22N2O3/c1-4-10-20-15(16-9-11-19-3)17-14(18)13-7-5-12(2)6-8-13/h5-8H,4,9-11H2,1-3H3,(H,16,17,18). The molecule has 0 aromatic heterocycles. The van der Waals surface area contributed by atoms with Gasteiger partial charge in [-0.15, -0.1) is 0 Å². The summed E-state index contributed by atoms with van der Waals surface area (Å²) in [5.41, 5.74) is 1.69. The summed E-state index contributed by atoms with van der Waals surface area (Å²) in [6, 6.07) is 7.58. The number of aliphatic imine (C=N–C) groups is 1. The summed E-state index contributed by atoms with van der Waals surface area (Å²) in [6.07, 6.45) is 0.851. The quantitative estimate of drug-likeness (QED) is 0.493. The molecule has 0 saturated carbocycles. The van der Waals surface area contributed by atoms with Crippen molar-refractivity contribution in [3.05, 3.63) is 35.4 Å². The lowest BCUT2D eigenvalue weighted by Gasteiger charge is -2.10. The van der Waals surface area contributed by atoms with Gasteiger partial charge in [0.15, 0.2) is 0 Å². The molecule has 1 aromatic rings. The molecule has 0 aliphatic rings. The molecule has 0 atom stereocenters. The van der Waals surface area contributed by atoms with Crippen LogP contribution in [0.15, 0.2) is 29.3 Å². The Labute approximate surface area is 120 Å². The number of hydrogen-bond donors (Lipinski definition) is 1. The fraction of sp³-hybridized carbons (Fsp3) is 0.467. The van der Waals surface area contributed by atoms with E-state index in [0.717, 1.165) is 12.0 Å². The molecule has 0 unspecified atom stereocenters. The maximum atomic E-state index is 12.1. The first kappa shape index (κ1) is 16.2. The summed E-state index contributed by atoms with van der Waals surface area (Å²) in [6.45, 7) is 5.42. The number of nitrogens with zero attached hydrogens (tertiary/aromatic N) is 1. The molecular weight excluding hydrogens is 256 g/mol. The summed E-state index contributed by atoms with van der Waals surface area (Å²) in [4.78, 5) is 16.2. The van der Waals surface area contributed by atoms with Gasteiger partial charge in [0.25, 0.3) is 11.9 Å². The normalized spacial score (nSPS) is 11.2. The third-order valence-electron chi connectivity index (χ3n) is 2.53. The van der Waals surface area contributed by atoms with Crippen molar-refractivity contribution in [3.8, 4) is 0 Å². The number of methoxy groups -OCH3 is 1. The number of carbonyl (C=O) groups is 1. The minimum atomic E-state index is -0.225. The van der Waals surface area contributed by atoms with Gasteiger partial charge in [-0.1, -0.05) is 24.6 Å². The van der Waals surface area contributed by atoms with Crippen LogP contribution in [0, 0.1) is 6.92 Å². The topological polar surface area (TPSA) is 59.9 Å². The molecule has 1 rings (SSSR count). The van der Waals surface area contributed by atoms with E-state index in [0.29, 0.717) is 25.3 Å². The zero-order valence-electron chi connectivity index (χ0n) is 12.3. The number of ether oxygens (including phenoxy) is 2. The number of carbonyl (C=O) groups excluding carboxylic acids is 1. The molecule has 20 heavy (non-hydrogen) atoms. The molecule has 1 aromatic carbocycles. The van der Waals surface area contributed by atoms with Gasteiger partial charge in [0.1, 0.15) is 0 Å². The number of amides is 1. The van der Waals surface area contributed by atoms with Crippen LogP contribution >= 0.6 is 0 Å². The van der Waals surface area contributed by atoms with Crippen molar-refractivity contribution in [1.29, 1.82) is 0 Å². The molecule has 0 aliphatic heterocycles. The Hall–Kier alpha value is -1.88. The van der Waals surface area contributed by atoms with Gasteiger partial charge in [-0.2, -0.15) is 0 Å². The van der Waals surface area contributed by atoms with Gasteiger partial charge >= 0.3 is 0 Å². The van der Waals surface area contributed by atoms with Crippen molar-refractivity contribution < 1.29 is 14.3 Å². The van der Waals surface area contributed by atoms with Crippen molar-refractivity contribution in [3.63, 3.8) is 0 Å². The van der Waals surface area contributed by atoms with Crippen LogP contribution in [0.1, 0.15) is 29.3 Å². The van der Waals surface area contributed by atoms with E-state index in [-0.39, 0.29) is 11.9 Å². The molecule has 0 spiro atoms. The summed E-state index contributed by atoms with van der Waals surface area (Å²) in [5.74, 6) is -0.225. The predicted octanol–water partition coefficient (Wildman–Crippen LogP) is 2.15. The predicted molar refractivity (Wildman–Crippen MR) is 79.1 cm³/mol. The number of benzene rings is 1. The van der Waals surface area contributed by atoms with Crippen LogP contribution < -0.4 is 5.32 Å². The summed E-state index contributed by atoms with van der Waals surface area (Å²) < 4.78 is 10.3. The molecule has 0 fully saturated rings. The van der Waals surface area contributed by atoms with E-state index in [4.69, 9.17) is 9.47 Å². The Bertz CT molecular complexity index is 441. The lowest BCUT2D eigenvalue weighted by Crippen LogP contribution is -2.33. The van der Waals surface area contributed by atoms with Crippen molar-refractivity contribution in [1.82, 2.24) is 5.32 Å². The van der Waals surface area contributed by atoms with E-state index in [1.807, 2.05) is 26.0 Å². The zero-order valence-corrected chi connectivity index (χ0v) is 12.3. The van der Waals surface area contributed by atoms with Crippen molar-refractivity contribution >= 4 is 11.9 Å². The Morgan fingerprint density at radius 2 is 1.95 bits per heavy atom. The molecule has 1 N–H and O–H groups in total. The van der Waals surface area contributed by atoms with Crippen LogP contribution in [-0.4, -0.2) is 38.8 Å². The summed E-state index contributed by atoms with van der Waals surface area (Å²) >= 11 is 0. The highest BCUT2D eigenvalue weighted by Crippen LogP contribution is 2.03. The fourth-order valence-electron chi connectivity index (χ4n) is 1.43. The molecule has 110 valence electrons. The zero-order chi connectivity index (χ0) is 14.8. The van der Waals surface area contributed by atoms with Gasteiger partial charge in [-0.3, -0.25) is 10.1 Å². The second kappa shape index (κ2) is 9.09. The number of rotatable bonds is 6. The Morgan fingerprint density at radius 3 is 2.55 bits per heavy atom. The average molecular weight is 278 g/mol. The van der Waals surface area contributed by atoms with Gasteiger partial charge in [-0.05, 0) is 25.5 Å². The highest BCUT2D eigenvalue weighted by atomic mass is 16.5. The Kier molecular flexibility index (Phi) is 7.35. The van der Waals surface area contributed by atoms with Gasteiger partial charge < -0.3 is 9.47 Å². The molecular formula is C15H22N2O3. The van der Waals surface area contributed by atoms with E-state index < -0.39 is 0 Å². The second-order valence-corrected chi connectivity index (χ2v) is 4.35. The van der Waals surface area contributed by atoms with Crippen LogP contribution in [0.5, 0.6) is 0 Å². The SMILES string of the molecule is CCCOC(=NCCOC)NC(=O)c1ccc(C)cc1. The maximum absolute atomic E-state index is 12.1. The van der Waals surface area contributed by atoms with Crippen LogP contribution in [-0.2, 0) is 9.47 Å². The monoisotopic (exact) mass is 278 g/mol. The highest BCUT2D eigenvalue weighted by molar-refractivity contribution is 6.04. The van der Waals surface area contributed by atoms with Gasteiger partial charge in [0.05, 0.1) is 19.8 Å². The number of nitrogens with one attached hydrogen (secondary N) is 1. The van der Waals surface area contributed by atoms with E-state index in [1.54, 1.807) is 19.2 Å². The smallest absolute Gasteiger partial charge is 0.291 e. The molecule has 5 nitrogen and oxygen atoms in total. The van der Waals surface area contributed by atoms with Crippen molar-refractivity contribution in [2.45, 2.75) is 20.3 Å². The van der Waals surface area contributed by atoms with Crippen molar-refractivity contribution in [2.24, 2.45) is 4.99 Å². The van der Waals surface area contributed by atoms with Gasteiger partial charge in [-0.25, -0.2) is 4.99 Å². The average Bonchev–Trinajstić information content (AvgIpc) is 2.45. The Morgan fingerprint density at radius 1 is 1.25 bits per heavy atom. The highest BCUT2D eigenvalue weighted by Gasteiger charge is 2.09. The van der Waals surface area contributed by atoms with Crippen LogP contribution in [0.25, 0.3) is 0 Å². The largest absolute Gasteiger partial charge is 0.465 e. The molecule has 0 bridgehead atoms. The van der Waals surface area contributed by atoms with Crippen LogP contribution in [0.3, 0.4) is 0 Å². The van der Waals surface area contributed by atoms with E-state index in [2.05, 4.69) is 10.3 Å². The molecule has 1 amide bonds. The molecule has 0 saturated heterocycles. The fourth-order valence-corrected chi connectivity index (χ4v) is 1.43. The number of hydrogen-bond acceptors (Lipinski definition) is 4. The summed E-state index contributed by atoms with van der Waals surface area (Å²) in [7, 11) is 1.60. The molecule has 0 heterocycles. The number of amidine groups is 1. The second-order valence-electron chi connectivity index (χ2n) is 4.35. The van der Waals surface area contributed by atoms with Crippen LogP contribution in [0.4, 0.5) is 0 Å². The number of aryl methyl sites for hydroxylation is 1. The van der Waals surface area contributed by atoms with Gasteiger partial charge in [0, 0.05) is 12.7 Å². The van der Waals surface area contributed by atoms with Crippen LogP contribution in [0.2, 0.25) is 0 Å². The molecule has 0 aliphatic carbocycles. The first-order valence-corrected chi connectivity index (χ1v) is 6.71. The third kappa shape index (κ3) is 5.84. The first-order chi connectivity index (χ1) is 9.67. The van der Waals surface area contributed by atoms with E-state index >= 15 is 0 Å². The molecule has 5 heteroatoms. The lowest BCUT2D eigenvalue weighted by atomic mass is 10.1. The Balaban J connectivity index is 2.65. The third-order valence-corrected chi connectivity index (χ3v) is 2.53. The first-order valence-electron chi connectivity index (χ1n) is 6.71. The van der Waals surface area contributed by atoms with Gasteiger partial charge in [0.2, 0.25) is 0 Å². The summed E-state index contributed by atoms with van der Waals surface area (Å²) in [5, 5.41) is 2.68. The lowest BCUT2D eigenvalue weighted by molar-refractivity contribution is 0.0965. The van der Waals surface area contributed by atoms with Crippen molar-refractivity contribution in [2.75, 3.05) is 26.9 Å². The minimum Gasteiger partial charge on any atom is -0.465 e. The molecule has 0 radical (unpaired) electrons.